The van der Waals surface area contributed by atoms with Crippen molar-refractivity contribution in [1.82, 2.24) is 0 Å². The molecule has 2 N–H and O–H groups in total. The molecule has 0 aromatic rings. The maximum Gasteiger partial charge on any atom is 1.00 e. The minimum absolute atomic E-state index is 0. The van der Waals surface area contributed by atoms with Gasteiger partial charge in [0, 0.05) is 13.2 Å². The summed E-state index contributed by atoms with van der Waals surface area (Å²) < 4.78 is 36.4. The summed E-state index contributed by atoms with van der Waals surface area (Å²) in [5, 5.41) is 0. The average molecular weight is 212 g/mol. The molecule has 66 valence electrons. The molecule has 0 heterocycles. The van der Waals surface area contributed by atoms with Gasteiger partial charge in [-0.25, -0.2) is 0 Å². The molecule has 0 bridgehead atoms. The third kappa shape index (κ3) is 85.5. The van der Waals surface area contributed by atoms with E-state index in [0.717, 1.165) is 13.2 Å². The van der Waals surface area contributed by atoms with Crippen molar-refractivity contribution in [3.63, 3.8) is 0 Å². The van der Waals surface area contributed by atoms with Crippen LogP contribution in [0.2, 0.25) is 0 Å². The van der Waals surface area contributed by atoms with Crippen molar-refractivity contribution in [2.45, 2.75) is 13.8 Å². The fraction of sp³-hybridized carbons (Fsp3) is 1.00. The van der Waals surface area contributed by atoms with Crippen LogP contribution in [0.4, 0.5) is 0 Å². The van der Waals surface area contributed by atoms with Crippen molar-refractivity contribution in [3.8, 4) is 0 Å². The van der Waals surface area contributed by atoms with Gasteiger partial charge >= 0.3 is 61.8 Å². The predicted molar refractivity (Wildman–Crippen MR) is 37.5 cm³/mol. The van der Waals surface area contributed by atoms with E-state index in [1.807, 2.05) is 13.8 Å². The maximum absolute atomic E-state index is 8.74. The molecule has 0 fully saturated rings. The summed E-state index contributed by atoms with van der Waals surface area (Å²) in [4.78, 5) is 0. The Hall–Kier alpha value is 1.47. The van der Waals surface area contributed by atoms with E-state index in [9.17, 15) is 0 Å². The summed E-state index contributed by atoms with van der Waals surface area (Å²) in [6.07, 6.45) is 0. The van der Waals surface area contributed by atoms with E-state index in [1.165, 1.54) is 0 Å². The van der Waals surface area contributed by atoms with Gasteiger partial charge in [-0.1, -0.05) is 0 Å². The fourth-order valence-corrected chi connectivity index (χ4v) is 0.204. The molecule has 0 aliphatic rings. The summed E-state index contributed by atoms with van der Waals surface area (Å²) in [5.74, 6) is 0. The molecule has 0 saturated heterocycles. The van der Waals surface area contributed by atoms with Crippen LogP contribution in [-0.2, 0) is 15.1 Å². The molecule has 0 aliphatic heterocycles. The van der Waals surface area contributed by atoms with Gasteiger partial charge in [-0.15, -0.1) is 0 Å². The SMILES string of the molecule is CCOCC.O=S(=O)(O)O.[H-].[K+]. The van der Waals surface area contributed by atoms with E-state index in [2.05, 4.69) is 0 Å². The minimum Gasteiger partial charge on any atom is -1.00 e. The van der Waals surface area contributed by atoms with Crippen LogP contribution in [-0.4, -0.2) is 30.7 Å². The maximum atomic E-state index is 8.74. The Bertz CT molecular complexity index is 138. The number of rotatable bonds is 2. The van der Waals surface area contributed by atoms with Gasteiger partial charge in [0.25, 0.3) is 0 Å². The summed E-state index contributed by atoms with van der Waals surface area (Å²) in [5.41, 5.74) is 0. The van der Waals surface area contributed by atoms with Crippen LogP contribution in [0.1, 0.15) is 15.3 Å². The zero-order valence-corrected chi connectivity index (χ0v) is 10.9. The number of hydrogen-bond acceptors (Lipinski definition) is 3. The van der Waals surface area contributed by atoms with Crippen LogP contribution >= 0.6 is 0 Å². The second-order valence-corrected chi connectivity index (χ2v) is 2.12. The summed E-state index contributed by atoms with van der Waals surface area (Å²) in [6.45, 7) is 5.67. The molecule has 0 atom stereocenters. The van der Waals surface area contributed by atoms with Crippen molar-refractivity contribution in [1.29, 1.82) is 0 Å². The van der Waals surface area contributed by atoms with E-state index in [0.29, 0.717) is 0 Å². The Labute approximate surface area is 111 Å². The molecule has 0 saturated carbocycles. The van der Waals surface area contributed by atoms with Crippen molar-refractivity contribution in [2.75, 3.05) is 13.2 Å². The van der Waals surface area contributed by atoms with Crippen LogP contribution < -0.4 is 51.4 Å². The molecule has 0 amide bonds. The zero-order chi connectivity index (χ0) is 8.62. The first-order valence-electron chi connectivity index (χ1n) is 2.69. The van der Waals surface area contributed by atoms with Gasteiger partial charge < -0.3 is 6.16 Å². The van der Waals surface area contributed by atoms with Crippen LogP contribution in [0, 0.1) is 0 Å². The molecule has 0 unspecified atom stereocenters. The van der Waals surface area contributed by atoms with Crippen molar-refractivity contribution in [3.05, 3.63) is 0 Å². The first-order valence-corrected chi connectivity index (χ1v) is 4.09. The fourth-order valence-electron chi connectivity index (χ4n) is 0.204. The molecule has 0 aromatic carbocycles. The van der Waals surface area contributed by atoms with E-state index in [1.54, 1.807) is 0 Å². The van der Waals surface area contributed by atoms with Gasteiger partial charge in [-0.2, -0.15) is 8.42 Å². The Morgan fingerprint density at radius 3 is 1.45 bits per heavy atom. The van der Waals surface area contributed by atoms with Gasteiger partial charge in [0.15, 0.2) is 0 Å². The Kier molecular flexibility index (Phi) is 19.1. The zero-order valence-electron chi connectivity index (χ0n) is 7.94. The first kappa shape index (κ1) is 18.3. The van der Waals surface area contributed by atoms with Gasteiger partial charge in [0.05, 0.1) is 0 Å². The molecular weight excluding hydrogens is 199 g/mol. The van der Waals surface area contributed by atoms with Gasteiger partial charge in [0.1, 0.15) is 0 Å². The van der Waals surface area contributed by atoms with Crippen LogP contribution in [0.5, 0.6) is 0 Å². The van der Waals surface area contributed by atoms with Crippen LogP contribution in [0.25, 0.3) is 0 Å². The van der Waals surface area contributed by atoms with Gasteiger partial charge in [0.2, 0.25) is 0 Å². The molecule has 0 aromatic heterocycles. The van der Waals surface area contributed by atoms with E-state index < -0.39 is 10.4 Å². The smallest absolute Gasteiger partial charge is 1.00 e. The van der Waals surface area contributed by atoms with Crippen LogP contribution in [0.3, 0.4) is 0 Å². The monoisotopic (exact) mass is 212 g/mol. The largest absolute Gasteiger partial charge is 1.00 e. The molecule has 7 heteroatoms. The summed E-state index contributed by atoms with van der Waals surface area (Å²) in [6, 6.07) is 0. The second-order valence-electron chi connectivity index (χ2n) is 1.23. The molecule has 5 nitrogen and oxygen atoms in total. The Morgan fingerprint density at radius 2 is 1.45 bits per heavy atom. The number of ether oxygens (including phenoxy) is 1. The molecule has 0 rings (SSSR count). The van der Waals surface area contributed by atoms with Crippen molar-refractivity contribution >= 4 is 10.4 Å². The normalized spacial score (nSPS) is 9.09. The van der Waals surface area contributed by atoms with Crippen LogP contribution in [0.15, 0.2) is 0 Å². The van der Waals surface area contributed by atoms with E-state index in [-0.39, 0.29) is 52.8 Å². The minimum atomic E-state index is -4.67. The summed E-state index contributed by atoms with van der Waals surface area (Å²) >= 11 is 0. The first-order chi connectivity index (χ1) is 4.41. The average Bonchev–Trinajstić information content (AvgIpc) is 1.63. The molecule has 0 spiro atoms. The molecular formula is C4H13KO5S. The standard InChI is InChI=1S/C4H10O.K.H2O4S.H/c1-3-5-4-2;;1-5(2,3)4;/h3-4H2,1-2H3;;(H2,1,2,3,4);/q;+1;;-1. The van der Waals surface area contributed by atoms with Crippen molar-refractivity contribution in [2.24, 2.45) is 0 Å². The Morgan fingerprint density at radius 1 is 1.27 bits per heavy atom. The molecule has 0 radical (unpaired) electrons. The molecule has 0 aliphatic carbocycles. The summed E-state index contributed by atoms with van der Waals surface area (Å²) in [7, 11) is -4.67. The van der Waals surface area contributed by atoms with Gasteiger partial charge in [-0.3, -0.25) is 9.11 Å². The number of hydrogen-bond donors (Lipinski definition) is 2. The van der Waals surface area contributed by atoms with E-state index >= 15 is 0 Å². The quantitative estimate of drug-likeness (QED) is 0.391. The Balaban J connectivity index is -0.0000000457. The molecule has 11 heavy (non-hydrogen) atoms. The third-order valence-corrected chi connectivity index (χ3v) is 0.408. The third-order valence-electron chi connectivity index (χ3n) is 0.408. The van der Waals surface area contributed by atoms with Crippen molar-refractivity contribution < 1.29 is 75.1 Å². The second kappa shape index (κ2) is 11.5. The van der Waals surface area contributed by atoms with E-state index in [4.69, 9.17) is 22.3 Å². The van der Waals surface area contributed by atoms with Gasteiger partial charge in [-0.05, 0) is 13.8 Å². The topological polar surface area (TPSA) is 83.8 Å². The predicted octanol–water partition coefficient (Wildman–Crippen LogP) is -2.49.